The predicted molar refractivity (Wildman–Crippen MR) is 81.8 cm³/mol. The van der Waals surface area contributed by atoms with E-state index in [1.54, 1.807) is 4.90 Å². The molecule has 1 amide bonds. The van der Waals surface area contributed by atoms with Crippen molar-refractivity contribution in [3.8, 4) is 0 Å². The molecule has 0 aliphatic carbocycles. The summed E-state index contributed by atoms with van der Waals surface area (Å²) in [5, 5.41) is 8.94. The van der Waals surface area contributed by atoms with E-state index < -0.39 is 5.97 Å². The summed E-state index contributed by atoms with van der Waals surface area (Å²) in [6, 6.07) is 8.12. The molecule has 2 rings (SSSR count). The first-order valence-corrected chi connectivity index (χ1v) is 7.30. The number of benzene rings is 1. The second-order valence-electron chi connectivity index (χ2n) is 5.51. The summed E-state index contributed by atoms with van der Waals surface area (Å²) in [6.07, 6.45) is 5.30. The summed E-state index contributed by atoms with van der Waals surface area (Å²) in [5.41, 5.74) is 2.29. The van der Waals surface area contributed by atoms with Crippen molar-refractivity contribution >= 4 is 18.0 Å². The lowest BCUT2D eigenvalue weighted by molar-refractivity contribution is -0.145. The van der Waals surface area contributed by atoms with Crippen molar-refractivity contribution in [2.45, 2.75) is 26.2 Å². The normalized spacial score (nSPS) is 16.3. The van der Waals surface area contributed by atoms with Crippen molar-refractivity contribution in [2.75, 3.05) is 13.1 Å². The third-order valence-electron chi connectivity index (χ3n) is 3.88. The number of carboxylic acid groups (broad SMARTS) is 1. The molecule has 1 aromatic rings. The molecule has 1 aliphatic heterocycles. The van der Waals surface area contributed by atoms with Crippen LogP contribution in [0.15, 0.2) is 30.3 Å². The Morgan fingerprint density at radius 1 is 1.24 bits per heavy atom. The molecule has 1 saturated heterocycles. The van der Waals surface area contributed by atoms with Crippen LogP contribution < -0.4 is 0 Å². The maximum Gasteiger partial charge on any atom is 0.306 e. The van der Waals surface area contributed by atoms with Crippen molar-refractivity contribution in [3.05, 3.63) is 41.5 Å². The number of carbonyl (C=O) groups is 2. The smallest absolute Gasteiger partial charge is 0.306 e. The van der Waals surface area contributed by atoms with E-state index in [1.165, 1.54) is 5.56 Å². The fraction of sp³-hybridized carbons (Fsp3) is 0.412. The van der Waals surface area contributed by atoms with E-state index in [4.69, 9.17) is 5.11 Å². The Labute approximate surface area is 125 Å². The molecular weight excluding hydrogens is 266 g/mol. The van der Waals surface area contributed by atoms with Gasteiger partial charge in [-0.1, -0.05) is 42.0 Å². The SMILES string of the molecule is Cc1ccc(/C=C/CC(=O)N2CCC(C(=O)O)CC2)cc1. The first-order valence-electron chi connectivity index (χ1n) is 7.30. The van der Waals surface area contributed by atoms with Gasteiger partial charge in [-0.05, 0) is 25.3 Å². The van der Waals surface area contributed by atoms with Crippen LogP contribution in [0.25, 0.3) is 6.08 Å². The molecule has 0 spiro atoms. The third-order valence-corrected chi connectivity index (χ3v) is 3.88. The van der Waals surface area contributed by atoms with Crippen molar-refractivity contribution in [1.29, 1.82) is 0 Å². The maximum atomic E-state index is 12.0. The zero-order valence-corrected chi connectivity index (χ0v) is 12.3. The largest absolute Gasteiger partial charge is 0.481 e. The average molecular weight is 287 g/mol. The number of aliphatic carboxylic acids is 1. The van der Waals surface area contributed by atoms with Gasteiger partial charge in [0.05, 0.1) is 5.92 Å². The van der Waals surface area contributed by atoms with Crippen LogP contribution in [-0.4, -0.2) is 35.0 Å². The lowest BCUT2D eigenvalue weighted by atomic mass is 9.97. The monoisotopic (exact) mass is 287 g/mol. The fourth-order valence-corrected chi connectivity index (χ4v) is 2.48. The van der Waals surface area contributed by atoms with E-state index in [-0.39, 0.29) is 11.8 Å². The predicted octanol–water partition coefficient (Wildman–Crippen LogP) is 2.72. The molecule has 0 atom stereocenters. The van der Waals surface area contributed by atoms with Gasteiger partial charge in [0, 0.05) is 19.5 Å². The number of carboxylic acids is 1. The Morgan fingerprint density at radius 2 is 1.86 bits per heavy atom. The lowest BCUT2D eigenvalue weighted by Gasteiger charge is -2.29. The number of nitrogens with zero attached hydrogens (tertiary/aromatic N) is 1. The number of aryl methyl sites for hydroxylation is 1. The van der Waals surface area contributed by atoms with Gasteiger partial charge in [-0.15, -0.1) is 0 Å². The second-order valence-corrected chi connectivity index (χ2v) is 5.51. The highest BCUT2D eigenvalue weighted by molar-refractivity contribution is 5.79. The number of likely N-dealkylation sites (tertiary alicyclic amines) is 1. The maximum absolute atomic E-state index is 12.0. The van der Waals surface area contributed by atoms with Crippen molar-refractivity contribution < 1.29 is 14.7 Å². The minimum Gasteiger partial charge on any atom is -0.481 e. The number of rotatable bonds is 4. The van der Waals surface area contributed by atoms with Gasteiger partial charge in [-0.25, -0.2) is 0 Å². The molecule has 1 aromatic carbocycles. The molecule has 112 valence electrons. The Morgan fingerprint density at radius 3 is 2.43 bits per heavy atom. The van der Waals surface area contributed by atoms with Gasteiger partial charge in [0.15, 0.2) is 0 Å². The first kappa shape index (κ1) is 15.3. The molecule has 0 aromatic heterocycles. The molecule has 21 heavy (non-hydrogen) atoms. The van der Waals surface area contributed by atoms with Gasteiger partial charge >= 0.3 is 5.97 Å². The van der Waals surface area contributed by atoms with Crippen molar-refractivity contribution in [1.82, 2.24) is 4.90 Å². The second kappa shape index (κ2) is 7.07. The average Bonchev–Trinajstić information content (AvgIpc) is 2.49. The summed E-state index contributed by atoms with van der Waals surface area (Å²) in [4.78, 5) is 24.7. The van der Waals surface area contributed by atoms with Crippen LogP contribution in [0.2, 0.25) is 0 Å². The highest BCUT2D eigenvalue weighted by Crippen LogP contribution is 2.18. The Kier molecular flexibility index (Phi) is 5.14. The Hall–Kier alpha value is -2.10. The number of hydrogen-bond acceptors (Lipinski definition) is 2. The first-order chi connectivity index (χ1) is 10.1. The van der Waals surface area contributed by atoms with E-state index in [9.17, 15) is 9.59 Å². The standard InChI is InChI=1S/C17H21NO3/c1-13-5-7-14(8-6-13)3-2-4-16(19)18-11-9-15(10-12-18)17(20)21/h2-3,5-8,15H,4,9-12H2,1H3,(H,20,21)/b3-2+. The molecule has 1 fully saturated rings. The minimum atomic E-state index is -0.749. The lowest BCUT2D eigenvalue weighted by Crippen LogP contribution is -2.39. The zero-order valence-electron chi connectivity index (χ0n) is 12.3. The van der Waals surface area contributed by atoms with E-state index >= 15 is 0 Å². The summed E-state index contributed by atoms with van der Waals surface area (Å²) in [5.74, 6) is -0.972. The van der Waals surface area contributed by atoms with E-state index in [0.717, 1.165) is 5.56 Å². The molecule has 0 unspecified atom stereocenters. The molecule has 1 N–H and O–H groups in total. The van der Waals surface area contributed by atoms with Crippen LogP contribution in [-0.2, 0) is 9.59 Å². The van der Waals surface area contributed by atoms with Gasteiger partial charge in [-0.2, -0.15) is 0 Å². The molecule has 1 aliphatic rings. The molecule has 4 nitrogen and oxygen atoms in total. The van der Waals surface area contributed by atoms with E-state index in [0.29, 0.717) is 32.4 Å². The quantitative estimate of drug-likeness (QED) is 0.926. The van der Waals surface area contributed by atoms with Crippen LogP contribution in [0.4, 0.5) is 0 Å². The molecule has 0 bridgehead atoms. The van der Waals surface area contributed by atoms with Gasteiger partial charge in [0.2, 0.25) is 5.91 Å². The summed E-state index contributed by atoms with van der Waals surface area (Å²) in [6.45, 7) is 3.14. The fourth-order valence-electron chi connectivity index (χ4n) is 2.48. The van der Waals surface area contributed by atoms with Crippen LogP contribution in [0.5, 0.6) is 0 Å². The molecular formula is C17H21NO3. The van der Waals surface area contributed by atoms with E-state index in [1.807, 2.05) is 43.3 Å². The summed E-state index contributed by atoms with van der Waals surface area (Å²) >= 11 is 0. The highest BCUT2D eigenvalue weighted by atomic mass is 16.4. The minimum absolute atomic E-state index is 0.0715. The molecule has 1 heterocycles. The van der Waals surface area contributed by atoms with E-state index in [2.05, 4.69) is 0 Å². The third kappa shape index (κ3) is 4.45. The summed E-state index contributed by atoms with van der Waals surface area (Å²) in [7, 11) is 0. The number of hydrogen-bond donors (Lipinski definition) is 1. The highest BCUT2D eigenvalue weighted by Gasteiger charge is 2.26. The van der Waals surface area contributed by atoms with Crippen LogP contribution in [0.1, 0.15) is 30.4 Å². The number of amides is 1. The van der Waals surface area contributed by atoms with Crippen molar-refractivity contribution in [3.63, 3.8) is 0 Å². The Bertz CT molecular complexity index is 525. The van der Waals surface area contributed by atoms with Gasteiger partial charge < -0.3 is 10.0 Å². The molecule has 0 radical (unpaired) electrons. The van der Waals surface area contributed by atoms with Crippen molar-refractivity contribution in [2.24, 2.45) is 5.92 Å². The topological polar surface area (TPSA) is 57.6 Å². The number of piperidine rings is 1. The molecule has 0 saturated carbocycles. The Balaban J connectivity index is 1.80. The number of carbonyl (C=O) groups excluding carboxylic acids is 1. The van der Waals surface area contributed by atoms with Gasteiger partial charge in [-0.3, -0.25) is 9.59 Å². The zero-order chi connectivity index (χ0) is 15.2. The van der Waals surface area contributed by atoms with Gasteiger partial charge in [0.1, 0.15) is 0 Å². The van der Waals surface area contributed by atoms with Crippen LogP contribution >= 0.6 is 0 Å². The van der Waals surface area contributed by atoms with Gasteiger partial charge in [0.25, 0.3) is 0 Å². The van der Waals surface area contributed by atoms with Crippen LogP contribution in [0, 0.1) is 12.8 Å². The summed E-state index contributed by atoms with van der Waals surface area (Å²) < 4.78 is 0. The molecule has 4 heteroatoms. The van der Waals surface area contributed by atoms with Crippen LogP contribution in [0.3, 0.4) is 0 Å².